The van der Waals surface area contributed by atoms with Crippen LogP contribution < -0.4 is 10.1 Å². The Kier molecular flexibility index (Phi) is 5.75. The van der Waals surface area contributed by atoms with Crippen molar-refractivity contribution < 1.29 is 9.53 Å². The Morgan fingerprint density at radius 3 is 2.84 bits per heavy atom. The zero-order chi connectivity index (χ0) is 21.8. The van der Waals surface area contributed by atoms with E-state index in [4.69, 9.17) is 4.74 Å². The van der Waals surface area contributed by atoms with Crippen LogP contribution >= 0.6 is 0 Å². The fourth-order valence-corrected chi connectivity index (χ4v) is 3.26. The van der Waals surface area contributed by atoms with Gasteiger partial charge in [0.1, 0.15) is 11.4 Å². The first-order chi connectivity index (χ1) is 15.0. The van der Waals surface area contributed by atoms with Crippen LogP contribution in [0, 0.1) is 6.92 Å². The van der Waals surface area contributed by atoms with Crippen molar-refractivity contribution in [2.45, 2.75) is 26.9 Å². The Morgan fingerprint density at radius 1 is 1.13 bits per heavy atom. The van der Waals surface area contributed by atoms with Crippen molar-refractivity contribution >= 4 is 23.6 Å². The fraction of sp³-hybridized carbons (Fsp3) is 0.167. The number of carbonyl (C=O) groups excluding carboxylic acids is 1. The number of carbonyl (C=O) groups is 1. The van der Waals surface area contributed by atoms with Crippen LogP contribution in [0.3, 0.4) is 0 Å². The second-order valence-electron chi connectivity index (χ2n) is 7.30. The number of benzene rings is 1. The minimum absolute atomic E-state index is 0.0866. The third-order valence-electron chi connectivity index (χ3n) is 4.49. The number of pyridine rings is 1. The van der Waals surface area contributed by atoms with E-state index in [1.54, 1.807) is 18.3 Å². The van der Waals surface area contributed by atoms with Gasteiger partial charge >= 0.3 is 0 Å². The lowest BCUT2D eigenvalue weighted by atomic mass is 10.2. The highest BCUT2D eigenvalue weighted by molar-refractivity contribution is 6.01. The molecule has 1 N–H and O–H groups in total. The van der Waals surface area contributed by atoms with Gasteiger partial charge in [0.2, 0.25) is 5.95 Å². The molecule has 0 saturated heterocycles. The van der Waals surface area contributed by atoms with Crippen molar-refractivity contribution in [3.05, 3.63) is 78.3 Å². The fourth-order valence-electron chi connectivity index (χ4n) is 3.26. The van der Waals surface area contributed by atoms with Crippen LogP contribution in [0.2, 0.25) is 0 Å². The lowest BCUT2D eigenvalue weighted by molar-refractivity contribution is -0.111. The van der Waals surface area contributed by atoms with Crippen LogP contribution in [0.25, 0.3) is 23.1 Å². The van der Waals surface area contributed by atoms with Gasteiger partial charge in [-0.3, -0.25) is 14.5 Å². The number of anilines is 1. The summed E-state index contributed by atoms with van der Waals surface area (Å²) in [5, 5.41) is 2.72. The molecule has 0 saturated carbocycles. The molecule has 0 unspecified atom stereocenters. The molecule has 4 aromatic rings. The molecular formula is C24H23N5O2. The second-order valence-corrected chi connectivity index (χ2v) is 7.30. The topological polar surface area (TPSA) is 81.4 Å². The first-order valence-electron chi connectivity index (χ1n) is 10.0. The van der Waals surface area contributed by atoms with Gasteiger partial charge in [0.05, 0.1) is 23.2 Å². The van der Waals surface area contributed by atoms with Gasteiger partial charge in [0, 0.05) is 18.5 Å². The maximum Gasteiger partial charge on any atom is 0.250 e. The van der Waals surface area contributed by atoms with Crippen molar-refractivity contribution in [2.24, 2.45) is 0 Å². The van der Waals surface area contributed by atoms with Crippen molar-refractivity contribution in [1.29, 1.82) is 0 Å². The van der Waals surface area contributed by atoms with Gasteiger partial charge in [-0.25, -0.2) is 15.0 Å². The minimum atomic E-state index is -0.317. The smallest absolute Gasteiger partial charge is 0.250 e. The van der Waals surface area contributed by atoms with Crippen LogP contribution in [0.1, 0.15) is 25.1 Å². The summed E-state index contributed by atoms with van der Waals surface area (Å²) in [5.74, 6) is 0.675. The summed E-state index contributed by atoms with van der Waals surface area (Å²) >= 11 is 0. The Labute approximate surface area is 180 Å². The molecule has 0 aliphatic carbocycles. The number of rotatable bonds is 6. The molecule has 7 heteroatoms. The molecule has 0 spiro atoms. The average Bonchev–Trinajstić information content (AvgIpc) is 3.08. The van der Waals surface area contributed by atoms with Crippen LogP contribution in [-0.4, -0.2) is 31.4 Å². The number of imidazole rings is 1. The average molecular weight is 413 g/mol. The van der Waals surface area contributed by atoms with E-state index in [1.807, 2.05) is 73.8 Å². The molecule has 156 valence electrons. The molecule has 0 bridgehead atoms. The molecule has 1 aromatic carbocycles. The highest BCUT2D eigenvalue weighted by Gasteiger charge is 2.13. The number of fused-ring (bicyclic) bond motifs is 1. The predicted molar refractivity (Wildman–Crippen MR) is 121 cm³/mol. The third kappa shape index (κ3) is 4.78. The van der Waals surface area contributed by atoms with E-state index < -0.39 is 0 Å². The number of hydrogen-bond acceptors (Lipinski definition) is 5. The van der Waals surface area contributed by atoms with Crippen LogP contribution in [0.4, 0.5) is 5.95 Å². The van der Waals surface area contributed by atoms with Gasteiger partial charge in [-0.2, -0.15) is 0 Å². The lowest BCUT2D eigenvalue weighted by Gasteiger charge is -2.09. The molecule has 1 amide bonds. The van der Waals surface area contributed by atoms with E-state index >= 15 is 0 Å². The van der Waals surface area contributed by atoms with Gasteiger partial charge in [-0.1, -0.05) is 18.2 Å². The zero-order valence-corrected chi connectivity index (χ0v) is 17.6. The number of ether oxygens (including phenoxy) is 1. The Balaban J connectivity index is 1.51. The molecule has 0 radical (unpaired) electrons. The number of aromatic nitrogens is 4. The van der Waals surface area contributed by atoms with Crippen molar-refractivity contribution in [3.63, 3.8) is 0 Å². The normalized spacial score (nSPS) is 11.4. The number of nitrogens with one attached hydrogen (secondary N) is 1. The molecule has 4 rings (SSSR count). The predicted octanol–water partition coefficient (Wildman–Crippen LogP) is 4.54. The van der Waals surface area contributed by atoms with Gasteiger partial charge in [-0.15, -0.1) is 0 Å². The summed E-state index contributed by atoms with van der Waals surface area (Å²) in [6.07, 6.45) is 6.81. The van der Waals surface area contributed by atoms with Crippen LogP contribution in [0.15, 0.2) is 67.0 Å². The number of hydrogen-bond donors (Lipinski definition) is 1. The Morgan fingerprint density at radius 2 is 2.00 bits per heavy atom. The maximum atomic E-state index is 12.4. The molecule has 7 nitrogen and oxygen atoms in total. The maximum absolute atomic E-state index is 12.4. The monoisotopic (exact) mass is 413 g/mol. The van der Waals surface area contributed by atoms with E-state index in [2.05, 4.69) is 20.3 Å². The minimum Gasteiger partial charge on any atom is -0.491 e. The highest BCUT2D eigenvalue weighted by Crippen LogP contribution is 2.23. The number of amides is 1. The van der Waals surface area contributed by atoms with E-state index in [1.165, 1.54) is 6.08 Å². The number of aryl methyl sites for hydroxylation is 1. The summed E-state index contributed by atoms with van der Waals surface area (Å²) in [6, 6.07) is 15.2. The Hall–Kier alpha value is -4.00. The summed E-state index contributed by atoms with van der Waals surface area (Å²) < 4.78 is 7.65. The summed E-state index contributed by atoms with van der Waals surface area (Å²) in [7, 11) is 0. The quantitative estimate of drug-likeness (QED) is 0.470. The molecule has 31 heavy (non-hydrogen) atoms. The van der Waals surface area contributed by atoms with E-state index in [9.17, 15) is 4.79 Å². The van der Waals surface area contributed by atoms with Crippen LogP contribution in [0.5, 0.6) is 5.75 Å². The van der Waals surface area contributed by atoms with Crippen molar-refractivity contribution in [2.75, 3.05) is 5.32 Å². The molecule has 0 atom stereocenters. The zero-order valence-electron chi connectivity index (χ0n) is 17.6. The molecule has 0 aliphatic heterocycles. The van der Waals surface area contributed by atoms with Crippen molar-refractivity contribution in [3.8, 4) is 17.1 Å². The molecule has 3 heterocycles. The van der Waals surface area contributed by atoms with Gasteiger partial charge < -0.3 is 4.74 Å². The second kappa shape index (κ2) is 8.79. The molecule has 3 aromatic heterocycles. The van der Waals surface area contributed by atoms with Gasteiger partial charge in [0.25, 0.3) is 5.91 Å². The van der Waals surface area contributed by atoms with E-state index in [-0.39, 0.29) is 18.0 Å². The first kappa shape index (κ1) is 20.3. The Bertz CT molecular complexity index is 1260. The lowest BCUT2D eigenvalue weighted by Crippen LogP contribution is -2.11. The summed E-state index contributed by atoms with van der Waals surface area (Å²) in [5.41, 5.74) is 4.11. The van der Waals surface area contributed by atoms with Gasteiger partial charge in [0.15, 0.2) is 0 Å². The SMILES string of the molecule is Cc1nc2ccccn2c1-c1ccnc(NC(=O)/C=C/c2cccc(OC(C)C)c2)n1. The van der Waals surface area contributed by atoms with Crippen molar-refractivity contribution in [1.82, 2.24) is 19.4 Å². The molecular weight excluding hydrogens is 390 g/mol. The van der Waals surface area contributed by atoms with Crippen LogP contribution in [-0.2, 0) is 4.79 Å². The molecule has 0 fully saturated rings. The summed E-state index contributed by atoms with van der Waals surface area (Å²) in [6.45, 7) is 5.87. The van der Waals surface area contributed by atoms with E-state index in [0.717, 1.165) is 28.3 Å². The largest absolute Gasteiger partial charge is 0.491 e. The van der Waals surface area contributed by atoms with E-state index in [0.29, 0.717) is 5.69 Å². The first-order valence-corrected chi connectivity index (χ1v) is 10.0. The third-order valence-corrected chi connectivity index (χ3v) is 4.49. The number of nitrogens with zero attached hydrogens (tertiary/aromatic N) is 4. The molecule has 0 aliphatic rings. The standard InChI is InChI=1S/C24H23N5O2/c1-16(2)31-19-8-6-7-18(15-19)10-11-22(30)28-24-25-13-12-20(27-24)23-17(3)26-21-9-4-5-14-29(21)23/h4-16H,1-3H3,(H,25,27,28,30)/b11-10+. The highest BCUT2D eigenvalue weighted by atomic mass is 16.5. The van der Waals surface area contributed by atoms with Gasteiger partial charge in [-0.05, 0) is 62.7 Å². The summed E-state index contributed by atoms with van der Waals surface area (Å²) in [4.78, 5) is 25.6.